The minimum atomic E-state index is 0.0928. The van der Waals surface area contributed by atoms with Crippen LogP contribution in [0.25, 0.3) is 11.4 Å². The first-order valence-electron chi connectivity index (χ1n) is 6.43. The highest BCUT2D eigenvalue weighted by Gasteiger charge is 2.29. The monoisotopic (exact) mass is 259 g/mol. The molecule has 2 aromatic rings. The number of nitrogens with zero attached hydrogens (tertiary/aromatic N) is 2. The van der Waals surface area contributed by atoms with Gasteiger partial charge in [0.2, 0.25) is 11.7 Å². The molecule has 5 nitrogen and oxygen atoms in total. The van der Waals surface area contributed by atoms with Crippen molar-refractivity contribution in [3.05, 3.63) is 35.7 Å². The molecule has 0 spiro atoms. The predicted molar refractivity (Wildman–Crippen MR) is 70.6 cm³/mol. The van der Waals surface area contributed by atoms with E-state index in [0.29, 0.717) is 11.7 Å². The van der Waals surface area contributed by atoms with Crippen LogP contribution in [-0.4, -0.2) is 29.9 Å². The Bertz CT molecular complexity index is 567. The summed E-state index contributed by atoms with van der Waals surface area (Å²) in [5, 5.41) is 7.41. The van der Waals surface area contributed by atoms with E-state index in [4.69, 9.17) is 9.26 Å². The number of rotatable bonds is 3. The average molecular weight is 259 g/mol. The number of hydrogen-bond donors (Lipinski definition) is 1. The molecular weight excluding hydrogens is 242 g/mol. The van der Waals surface area contributed by atoms with Crippen molar-refractivity contribution >= 4 is 0 Å². The third-order valence-corrected chi connectivity index (χ3v) is 3.55. The van der Waals surface area contributed by atoms with Gasteiger partial charge in [0, 0.05) is 19.2 Å². The molecule has 3 rings (SSSR count). The maximum absolute atomic E-state index is 5.37. The van der Waals surface area contributed by atoms with Crippen molar-refractivity contribution in [1.82, 2.24) is 15.5 Å². The summed E-state index contributed by atoms with van der Waals surface area (Å²) < 4.78 is 10.7. The molecule has 19 heavy (non-hydrogen) atoms. The fraction of sp³-hybridized carbons (Fsp3) is 0.429. The van der Waals surface area contributed by atoms with Gasteiger partial charge in [-0.2, -0.15) is 4.98 Å². The van der Waals surface area contributed by atoms with Crippen LogP contribution in [-0.2, 0) is 4.74 Å². The zero-order valence-corrected chi connectivity index (χ0v) is 11.1. The minimum Gasteiger partial charge on any atom is -0.380 e. The molecule has 0 bridgehead atoms. The lowest BCUT2D eigenvalue weighted by molar-refractivity contribution is 0.116. The number of ether oxygens (including phenoxy) is 1. The molecule has 1 aromatic carbocycles. The average Bonchev–Trinajstić information content (AvgIpc) is 3.08. The molecule has 100 valence electrons. The van der Waals surface area contributed by atoms with E-state index in [-0.39, 0.29) is 12.1 Å². The second-order valence-electron chi connectivity index (χ2n) is 4.83. The Balaban J connectivity index is 1.82. The van der Waals surface area contributed by atoms with Gasteiger partial charge in [-0.3, -0.25) is 0 Å². The Kier molecular flexibility index (Phi) is 3.31. The van der Waals surface area contributed by atoms with E-state index in [0.717, 1.165) is 24.1 Å². The van der Waals surface area contributed by atoms with Crippen molar-refractivity contribution in [2.75, 3.05) is 13.7 Å². The van der Waals surface area contributed by atoms with Gasteiger partial charge in [0.1, 0.15) is 0 Å². The zero-order valence-electron chi connectivity index (χ0n) is 11.1. The Labute approximate surface area is 112 Å². The first-order valence-corrected chi connectivity index (χ1v) is 6.43. The summed E-state index contributed by atoms with van der Waals surface area (Å²) in [7, 11) is 1.72. The quantitative estimate of drug-likeness (QED) is 0.914. The second kappa shape index (κ2) is 5.11. The van der Waals surface area contributed by atoms with Gasteiger partial charge in [-0.25, -0.2) is 0 Å². The van der Waals surface area contributed by atoms with Gasteiger partial charge in [-0.15, -0.1) is 0 Å². The minimum absolute atomic E-state index is 0.0928. The fourth-order valence-corrected chi connectivity index (χ4v) is 2.38. The number of nitrogens with one attached hydrogen (secondary N) is 1. The second-order valence-corrected chi connectivity index (χ2v) is 4.83. The van der Waals surface area contributed by atoms with Crippen LogP contribution in [0.1, 0.15) is 23.9 Å². The Morgan fingerprint density at radius 3 is 2.95 bits per heavy atom. The number of aryl methyl sites for hydroxylation is 1. The largest absolute Gasteiger partial charge is 0.380 e. The topological polar surface area (TPSA) is 60.2 Å². The van der Waals surface area contributed by atoms with E-state index in [9.17, 15) is 0 Å². The number of benzene rings is 1. The van der Waals surface area contributed by atoms with Crippen molar-refractivity contribution in [2.24, 2.45) is 0 Å². The van der Waals surface area contributed by atoms with Gasteiger partial charge in [-0.05, 0) is 18.9 Å². The van der Waals surface area contributed by atoms with E-state index in [2.05, 4.69) is 15.5 Å². The molecule has 5 heteroatoms. The van der Waals surface area contributed by atoms with E-state index in [1.54, 1.807) is 7.11 Å². The highest BCUT2D eigenvalue weighted by molar-refractivity contribution is 5.58. The van der Waals surface area contributed by atoms with Crippen LogP contribution >= 0.6 is 0 Å². The molecule has 2 heterocycles. The third kappa shape index (κ3) is 2.39. The highest BCUT2D eigenvalue weighted by atomic mass is 16.5. The van der Waals surface area contributed by atoms with E-state index in [1.165, 1.54) is 0 Å². The van der Waals surface area contributed by atoms with Gasteiger partial charge >= 0.3 is 0 Å². The van der Waals surface area contributed by atoms with E-state index < -0.39 is 0 Å². The molecule has 1 saturated heterocycles. The van der Waals surface area contributed by atoms with Gasteiger partial charge < -0.3 is 14.6 Å². The van der Waals surface area contributed by atoms with Crippen LogP contribution < -0.4 is 5.32 Å². The van der Waals surface area contributed by atoms with Crippen LogP contribution in [0.15, 0.2) is 28.8 Å². The van der Waals surface area contributed by atoms with Crippen LogP contribution in [0.2, 0.25) is 0 Å². The van der Waals surface area contributed by atoms with Crippen LogP contribution in [0, 0.1) is 6.92 Å². The van der Waals surface area contributed by atoms with Crippen molar-refractivity contribution in [3.63, 3.8) is 0 Å². The first kappa shape index (κ1) is 12.3. The molecule has 0 aliphatic carbocycles. The standard InChI is InChI=1S/C14H17N3O2/c1-9-5-3-4-6-11(9)13-16-14(19-17-13)12-7-10(18-2)8-15-12/h3-6,10,12,15H,7-8H2,1-2H3. The Hall–Kier alpha value is -1.72. The van der Waals surface area contributed by atoms with E-state index in [1.807, 2.05) is 31.2 Å². The predicted octanol–water partition coefficient (Wildman–Crippen LogP) is 2.09. The fourth-order valence-electron chi connectivity index (χ4n) is 2.38. The van der Waals surface area contributed by atoms with Gasteiger partial charge in [0.25, 0.3) is 0 Å². The third-order valence-electron chi connectivity index (χ3n) is 3.55. The molecule has 1 aliphatic heterocycles. The van der Waals surface area contributed by atoms with Gasteiger partial charge in [0.05, 0.1) is 12.1 Å². The molecule has 1 fully saturated rings. The summed E-state index contributed by atoms with van der Waals surface area (Å²) in [6, 6.07) is 8.12. The molecule has 1 aliphatic rings. The van der Waals surface area contributed by atoms with Crippen LogP contribution in [0.4, 0.5) is 0 Å². The maximum atomic E-state index is 5.37. The van der Waals surface area contributed by atoms with Crippen LogP contribution in [0.5, 0.6) is 0 Å². The summed E-state index contributed by atoms with van der Waals surface area (Å²) in [6.07, 6.45) is 1.09. The summed E-state index contributed by atoms with van der Waals surface area (Å²) in [5.41, 5.74) is 2.16. The maximum Gasteiger partial charge on any atom is 0.244 e. The molecule has 0 amide bonds. The van der Waals surface area contributed by atoms with E-state index >= 15 is 0 Å². The van der Waals surface area contributed by atoms with Crippen molar-refractivity contribution in [2.45, 2.75) is 25.5 Å². The smallest absolute Gasteiger partial charge is 0.244 e. The van der Waals surface area contributed by atoms with Gasteiger partial charge in [-0.1, -0.05) is 29.4 Å². The normalized spacial score (nSPS) is 22.8. The summed E-state index contributed by atoms with van der Waals surface area (Å²) in [5.74, 6) is 1.29. The zero-order chi connectivity index (χ0) is 13.2. The molecule has 2 unspecified atom stereocenters. The highest BCUT2D eigenvalue weighted by Crippen LogP contribution is 2.26. The molecular formula is C14H17N3O2. The molecule has 0 radical (unpaired) electrons. The number of aromatic nitrogens is 2. The lowest BCUT2D eigenvalue weighted by atomic mass is 10.1. The Morgan fingerprint density at radius 2 is 2.21 bits per heavy atom. The number of hydrogen-bond acceptors (Lipinski definition) is 5. The SMILES string of the molecule is COC1CNC(c2nc(-c3ccccc3C)no2)C1. The van der Waals surface area contributed by atoms with Crippen molar-refractivity contribution in [3.8, 4) is 11.4 Å². The molecule has 2 atom stereocenters. The first-order chi connectivity index (χ1) is 9.28. The lowest BCUT2D eigenvalue weighted by Gasteiger charge is -2.04. The van der Waals surface area contributed by atoms with Crippen molar-refractivity contribution < 1.29 is 9.26 Å². The molecule has 1 N–H and O–H groups in total. The summed E-state index contributed by atoms with van der Waals surface area (Å²) in [6.45, 7) is 2.86. The van der Waals surface area contributed by atoms with Gasteiger partial charge in [0.15, 0.2) is 0 Å². The Morgan fingerprint density at radius 1 is 1.37 bits per heavy atom. The molecule has 0 saturated carbocycles. The summed E-state index contributed by atoms with van der Waals surface area (Å²) in [4.78, 5) is 4.50. The summed E-state index contributed by atoms with van der Waals surface area (Å²) >= 11 is 0. The van der Waals surface area contributed by atoms with Crippen molar-refractivity contribution in [1.29, 1.82) is 0 Å². The number of methoxy groups -OCH3 is 1. The molecule has 1 aromatic heterocycles. The lowest BCUT2D eigenvalue weighted by Crippen LogP contribution is -2.16. The van der Waals surface area contributed by atoms with Crippen LogP contribution in [0.3, 0.4) is 0 Å².